The van der Waals surface area contributed by atoms with Gasteiger partial charge in [-0.3, -0.25) is 0 Å². The number of benzene rings is 8. The molecule has 4 nitrogen and oxygen atoms in total. The molecule has 13 rings (SSSR count). The molecule has 0 N–H and O–H groups in total. The monoisotopic (exact) mass is 899 g/mol. The van der Waals surface area contributed by atoms with E-state index in [4.69, 9.17) is 4.42 Å². The lowest BCUT2D eigenvalue weighted by molar-refractivity contribution is 0.573. The summed E-state index contributed by atoms with van der Waals surface area (Å²) in [5.41, 5.74) is 19.0. The van der Waals surface area contributed by atoms with Crippen molar-refractivity contribution in [1.82, 2.24) is 8.80 Å². The molecule has 0 bridgehead atoms. The second-order valence-electron chi connectivity index (χ2n) is 24.4. The van der Waals surface area contributed by atoms with Crippen LogP contribution in [0.1, 0.15) is 111 Å². The van der Waals surface area contributed by atoms with Crippen LogP contribution in [0.2, 0.25) is 0 Å². The fourth-order valence-corrected chi connectivity index (χ4v) is 11.8. The van der Waals surface area contributed by atoms with E-state index in [0.29, 0.717) is 0 Å². The van der Waals surface area contributed by atoms with Crippen molar-refractivity contribution >= 4 is 115 Å². The highest BCUT2D eigenvalue weighted by Gasteiger charge is 2.29. The Morgan fingerprint density at radius 2 is 0.855 bits per heavy atom. The fourth-order valence-electron chi connectivity index (χ4n) is 11.8. The largest absolute Gasteiger partial charge is 0.454 e. The van der Waals surface area contributed by atoms with E-state index in [-0.39, 0.29) is 21.7 Å². The summed E-state index contributed by atoms with van der Waals surface area (Å²) < 4.78 is 12.3. The molecule has 5 heterocycles. The SMILES string of the molecule is Cc1ccccc1N(c1ccc2c3cc(C(C)(C)C)cc4c5cc6c(cc5n(c2c1)c34)c1cc(C(C)(C)C)cc2c3cc(C(C)(C)C)ccc3n6c21)c1cccc2c1oc1c(C(C)(C)C)cccc12. The Hall–Kier alpha value is -7.04. The predicted octanol–water partition coefficient (Wildman–Crippen LogP) is 18.9. The predicted molar refractivity (Wildman–Crippen MR) is 297 cm³/mol. The van der Waals surface area contributed by atoms with Gasteiger partial charge in [0.15, 0.2) is 5.58 Å². The summed E-state index contributed by atoms with van der Waals surface area (Å²) in [7, 11) is 0. The summed E-state index contributed by atoms with van der Waals surface area (Å²) in [6.45, 7) is 30.1. The Morgan fingerprint density at radius 3 is 1.43 bits per heavy atom. The Labute approximate surface area is 404 Å². The highest BCUT2D eigenvalue weighted by atomic mass is 16.3. The molecule has 0 saturated heterocycles. The van der Waals surface area contributed by atoms with Crippen molar-refractivity contribution in [2.45, 2.75) is 112 Å². The molecule has 0 atom stereocenters. The van der Waals surface area contributed by atoms with E-state index in [0.717, 1.165) is 39.0 Å². The van der Waals surface area contributed by atoms with Crippen molar-refractivity contribution in [2.75, 3.05) is 4.90 Å². The lowest BCUT2D eigenvalue weighted by Crippen LogP contribution is -2.11. The summed E-state index contributed by atoms with van der Waals surface area (Å²) in [4.78, 5) is 2.43. The first-order valence-electron chi connectivity index (χ1n) is 24.9. The number of anilines is 3. The van der Waals surface area contributed by atoms with Crippen molar-refractivity contribution in [2.24, 2.45) is 0 Å². The van der Waals surface area contributed by atoms with Gasteiger partial charge < -0.3 is 18.1 Å². The summed E-state index contributed by atoms with van der Waals surface area (Å²) in [5, 5.41) is 12.7. The zero-order chi connectivity index (χ0) is 48.0. The first-order valence-corrected chi connectivity index (χ1v) is 24.9. The number of fused-ring (bicyclic) bond motifs is 15. The smallest absolute Gasteiger partial charge is 0.159 e. The average Bonchev–Trinajstić information content (AvgIpc) is 4.08. The van der Waals surface area contributed by atoms with Gasteiger partial charge in [0.1, 0.15) is 5.58 Å². The van der Waals surface area contributed by atoms with Crippen LogP contribution in [0.5, 0.6) is 0 Å². The number of hydrogen-bond donors (Lipinski definition) is 0. The van der Waals surface area contributed by atoms with E-state index in [1.807, 2.05) is 0 Å². The van der Waals surface area contributed by atoms with Gasteiger partial charge in [-0.1, -0.05) is 144 Å². The maximum Gasteiger partial charge on any atom is 0.159 e. The summed E-state index contributed by atoms with van der Waals surface area (Å²) in [6, 6.07) is 51.3. The minimum absolute atomic E-state index is 0.0242. The number of nitrogens with zero attached hydrogens (tertiary/aromatic N) is 3. The van der Waals surface area contributed by atoms with Crippen LogP contribution in [-0.4, -0.2) is 8.80 Å². The van der Waals surface area contributed by atoms with Crippen LogP contribution in [0.25, 0.3) is 98.1 Å². The van der Waals surface area contributed by atoms with Crippen molar-refractivity contribution in [1.29, 1.82) is 0 Å². The normalized spacial score (nSPS) is 13.6. The molecule has 0 aliphatic rings. The molecule has 0 spiro atoms. The van der Waals surface area contributed by atoms with Crippen molar-refractivity contribution in [3.63, 3.8) is 0 Å². The van der Waals surface area contributed by atoms with Crippen molar-refractivity contribution < 1.29 is 4.42 Å². The second-order valence-corrected chi connectivity index (χ2v) is 24.4. The third kappa shape index (κ3) is 5.87. The highest BCUT2D eigenvalue weighted by molar-refractivity contribution is 6.29. The van der Waals surface area contributed by atoms with E-state index in [9.17, 15) is 0 Å². The third-order valence-electron chi connectivity index (χ3n) is 15.6. The number of aryl methyl sites for hydroxylation is 1. The lowest BCUT2D eigenvalue weighted by Gasteiger charge is -2.27. The molecule has 13 aromatic rings. The van der Waals surface area contributed by atoms with Gasteiger partial charge in [-0.15, -0.1) is 0 Å². The molecular weight excluding hydrogens is 839 g/mol. The Bertz CT molecular complexity index is 4290. The van der Waals surface area contributed by atoms with Gasteiger partial charge in [0.2, 0.25) is 0 Å². The quantitative estimate of drug-likeness (QED) is 0.177. The summed E-state index contributed by atoms with van der Waals surface area (Å²) in [5.74, 6) is 0. The van der Waals surface area contributed by atoms with Gasteiger partial charge >= 0.3 is 0 Å². The lowest BCUT2D eigenvalue weighted by atomic mass is 9.84. The topological polar surface area (TPSA) is 25.2 Å². The van der Waals surface area contributed by atoms with Crippen LogP contribution in [-0.2, 0) is 21.7 Å². The zero-order valence-corrected chi connectivity index (χ0v) is 42.5. The fraction of sp³-hybridized carbons (Fsp3) is 0.262. The van der Waals surface area contributed by atoms with Crippen molar-refractivity contribution in [3.05, 3.63) is 161 Å². The Kier molecular flexibility index (Phi) is 8.29. The number of hydrogen-bond acceptors (Lipinski definition) is 2. The molecule has 0 amide bonds. The minimum atomic E-state index is -0.0781. The molecule has 0 radical (unpaired) electrons. The van der Waals surface area contributed by atoms with Crippen LogP contribution in [0, 0.1) is 6.92 Å². The molecule has 0 fully saturated rings. The van der Waals surface area contributed by atoms with Gasteiger partial charge in [-0.2, -0.15) is 0 Å². The third-order valence-corrected chi connectivity index (χ3v) is 15.6. The van der Waals surface area contributed by atoms with Gasteiger partial charge in [0.25, 0.3) is 0 Å². The average molecular weight is 900 g/mol. The zero-order valence-electron chi connectivity index (χ0n) is 42.5. The summed E-state index contributed by atoms with van der Waals surface area (Å²) >= 11 is 0. The molecular formula is C65H61N3O. The molecule has 5 aromatic heterocycles. The van der Waals surface area contributed by atoms with Crippen LogP contribution < -0.4 is 4.90 Å². The van der Waals surface area contributed by atoms with Crippen LogP contribution >= 0.6 is 0 Å². The minimum Gasteiger partial charge on any atom is -0.454 e. The standard InChI is InChI=1S/C65H61N3O/c1-36-18-14-15-22-52(36)66(54-23-17-20-43-42-19-16-21-51(65(11,12)13)60(42)69-61(43)54)40-25-26-41-47-29-38(63(5,6)7)31-49-46-34-56-45(35-57(46)68(58(47)49)55(41)33-40)50-32-39(64(8,9)10)30-48-44-28-37(62(2,3)4)24-27-53(44)67(56)59(48)50/h14-35H,1-13H3. The molecule has 8 aromatic carbocycles. The molecule has 69 heavy (non-hydrogen) atoms. The van der Waals surface area contributed by atoms with E-state index in [1.54, 1.807) is 0 Å². The molecule has 0 saturated carbocycles. The molecule has 0 unspecified atom stereocenters. The molecule has 0 aliphatic heterocycles. The maximum atomic E-state index is 7.10. The van der Waals surface area contributed by atoms with E-state index >= 15 is 0 Å². The Morgan fingerprint density at radius 1 is 0.362 bits per heavy atom. The van der Waals surface area contributed by atoms with Crippen molar-refractivity contribution in [3.8, 4) is 0 Å². The number of para-hydroxylation sites is 3. The second kappa shape index (κ2) is 13.6. The van der Waals surface area contributed by atoms with Gasteiger partial charge in [0, 0.05) is 70.8 Å². The molecule has 4 heteroatoms. The number of aromatic nitrogens is 2. The summed E-state index contributed by atoms with van der Waals surface area (Å²) in [6.07, 6.45) is 0. The first-order chi connectivity index (χ1) is 32.7. The Balaban J connectivity index is 1.15. The van der Waals surface area contributed by atoms with Crippen LogP contribution in [0.3, 0.4) is 0 Å². The van der Waals surface area contributed by atoms with E-state index < -0.39 is 0 Å². The van der Waals surface area contributed by atoms with Crippen LogP contribution in [0.4, 0.5) is 17.1 Å². The van der Waals surface area contributed by atoms with Crippen LogP contribution in [0.15, 0.2) is 138 Å². The number of rotatable bonds is 3. The van der Waals surface area contributed by atoms with Gasteiger partial charge in [-0.25, -0.2) is 0 Å². The van der Waals surface area contributed by atoms with E-state index in [1.165, 1.54) is 104 Å². The maximum absolute atomic E-state index is 7.10. The molecule has 0 aliphatic carbocycles. The number of furan rings is 1. The van der Waals surface area contributed by atoms with E-state index in [2.05, 4.69) is 237 Å². The van der Waals surface area contributed by atoms with Gasteiger partial charge in [-0.05, 0) is 124 Å². The van der Waals surface area contributed by atoms with Gasteiger partial charge in [0.05, 0.1) is 38.8 Å². The highest BCUT2D eigenvalue weighted by Crippen LogP contribution is 2.50. The first kappa shape index (κ1) is 42.1. The molecule has 342 valence electrons.